The summed E-state index contributed by atoms with van der Waals surface area (Å²) in [5.74, 6) is -1.40. The zero-order chi connectivity index (χ0) is 33.2. The Morgan fingerprint density at radius 2 is 1.24 bits per heavy atom. The van der Waals surface area contributed by atoms with Gasteiger partial charge in [-0.2, -0.15) is 0 Å². The lowest BCUT2D eigenvalue weighted by Gasteiger charge is -2.13. The summed E-state index contributed by atoms with van der Waals surface area (Å²) in [6.45, 7) is 4.77. The van der Waals surface area contributed by atoms with E-state index in [1.165, 1.54) is 77.0 Å². The number of nitrogens with two attached hydrogens (primary N) is 1. The smallest absolute Gasteiger partial charge is 0.326 e. The van der Waals surface area contributed by atoms with Crippen LogP contribution in [0.25, 0.3) is 0 Å². The minimum Gasteiger partial charge on any atom is -0.480 e. The molecule has 0 rings (SSSR count). The molecule has 0 spiro atoms. The van der Waals surface area contributed by atoms with E-state index in [0.717, 1.165) is 44.9 Å². The highest BCUT2D eigenvalue weighted by molar-refractivity contribution is 5.83. The number of unbranched alkanes of at least 4 members (excludes halogenated alkanes) is 16. The third-order valence-electron chi connectivity index (χ3n) is 7.93. The van der Waals surface area contributed by atoms with Gasteiger partial charge in [-0.25, -0.2) is 4.79 Å². The summed E-state index contributed by atoms with van der Waals surface area (Å²) >= 11 is 0. The van der Waals surface area contributed by atoms with Gasteiger partial charge in [-0.3, -0.25) is 9.59 Å². The summed E-state index contributed by atoms with van der Waals surface area (Å²) in [4.78, 5) is 35.9. The van der Waals surface area contributed by atoms with Crippen LogP contribution in [-0.2, 0) is 19.1 Å². The number of amides is 1. The van der Waals surface area contributed by atoms with E-state index in [4.69, 9.17) is 10.5 Å². The third kappa shape index (κ3) is 30.0. The highest BCUT2D eigenvalue weighted by Gasteiger charge is 2.18. The molecule has 7 heteroatoms. The van der Waals surface area contributed by atoms with Gasteiger partial charge in [-0.05, 0) is 70.1 Å². The number of allylic oxidation sites excluding steroid dienone is 4. The van der Waals surface area contributed by atoms with Crippen molar-refractivity contribution in [2.24, 2.45) is 5.73 Å². The molecule has 4 N–H and O–H groups in total. The molecule has 0 saturated carbocycles. The molecule has 0 aliphatic heterocycles. The Morgan fingerprint density at radius 3 is 1.82 bits per heavy atom. The highest BCUT2D eigenvalue weighted by atomic mass is 16.5. The van der Waals surface area contributed by atoms with Crippen LogP contribution in [0.1, 0.15) is 168 Å². The van der Waals surface area contributed by atoms with E-state index in [9.17, 15) is 19.5 Å². The molecular weight excluding hydrogens is 564 g/mol. The van der Waals surface area contributed by atoms with Crippen molar-refractivity contribution in [3.8, 4) is 0 Å². The second-order valence-corrected chi connectivity index (χ2v) is 12.3. The van der Waals surface area contributed by atoms with Crippen molar-refractivity contribution in [2.45, 2.75) is 180 Å². The van der Waals surface area contributed by atoms with E-state index >= 15 is 0 Å². The predicted molar refractivity (Wildman–Crippen MR) is 188 cm³/mol. The number of rotatable bonds is 32. The second-order valence-electron chi connectivity index (χ2n) is 12.3. The van der Waals surface area contributed by atoms with E-state index in [1.807, 2.05) is 24.3 Å². The summed E-state index contributed by atoms with van der Waals surface area (Å²) < 4.78 is 5.77. The van der Waals surface area contributed by atoms with Crippen LogP contribution in [0.3, 0.4) is 0 Å². The molecule has 7 nitrogen and oxygen atoms in total. The first-order valence-corrected chi connectivity index (χ1v) is 18.3. The molecule has 0 aliphatic carbocycles. The number of carbonyl (C=O) groups excluding carboxylic acids is 2. The minimum atomic E-state index is -1.02. The van der Waals surface area contributed by atoms with Gasteiger partial charge in [0.05, 0.1) is 0 Å². The van der Waals surface area contributed by atoms with Crippen LogP contribution in [0.4, 0.5) is 0 Å². The average Bonchev–Trinajstić information content (AvgIpc) is 3.02. The quantitative estimate of drug-likeness (QED) is 0.0386. The Morgan fingerprint density at radius 1 is 0.689 bits per heavy atom. The van der Waals surface area contributed by atoms with Crippen LogP contribution in [0, 0.1) is 0 Å². The Balaban J connectivity index is 4.22. The molecule has 0 bridgehead atoms. The monoisotopic (exact) mass is 633 g/mol. The number of carbonyl (C=O) groups is 3. The maximum Gasteiger partial charge on any atom is 0.326 e. The molecule has 0 aromatic carbocycles. The number of hydrogen-bond donors (Lipinski definition) is 3. The zero-order valence-corrected chi connectivity index (χ0v) is 29.0. The summed E-state index contributed by atoms with van der Waals surface area (Å²) in [6.07, 6.45) is 36.7. The highest BCUT2D eigenvalue weighted by Crippen LogP contribution is 2.14. The lowest BCUT2D eigenvalue weighted by Crippen LogP contribution is -2.40. The molecule has 0 aromatic rings. The molecule has 0 radical (unpaired) electrons. The summed E-state index contributed by atoms with van der Waals surface area (Å²) in [7, 11) is 0. The number of esters is 1. The number of ether oxygens (including phenoxy) is 1. The zero-order valence-electron chi connectivity index (χ0n) is 29.0. The minimum absolute atomic E-state index is 0.144. The average molecular weight is 633 g/mol. The maximum atomic E-state index is 12.5. The summed E-state index contributed by atoms with van der Waals surface area (Å²) in [5.41, 5.74) is 5.45. The van der Waals surface area contributed by atoms with Crippen molar-refractivity contribution in [1.29, 1.82) is 0 Å². The Kier molecular flexibility index (Phi) is 31.2. The van der Waals surface area contributed by atoms with Crippen LogP contribution in [0.15, 0.2) is 36.5 Å². The Bertz CT molecular complexity index is 808. The molecule has 0 heterocycles. The molecule has 2 unspecified atom stereocenters. The number of aliphatic carboxylic acids is 1. The van der Waals surface area contributed by atoms with Crippen molar-refractivity contribution in [1.82, 2.24) is 5.32 Å². The van der Waals surface area contributed by atoms with E-state index in [-0.39, 0.29) is 18.0 Å². The molecule has 260 valence electrons. The topological polar surface area (TPSA) is 119 Å². The first kappa shape index (κ1) is 42.6. The van der Waals surface area contributed by atoms with Gasteiger partial charge in [-0.1, -0.05) is 128 Å². The molecule has 45 heavy (non-hydrogen) atoms. The third-order valence-corrected chi connectivity index (χ3v) is 7.93. The Hall–Kier alpha value is -2.41. The molecule has 0 aliphatic rings. The number of carboxylic acid groups (broad SMARTS) is 1. The SMILES string of the molecule is CC/C=C\C/C=C\C(/C=C\CCCCCC(=O)NC(CCCN)C(=O)O)OC(=O)CCCCCCCCCCCCCCCC. The largest absolute Gasteiger partial charge is 0.480 e. The molecule has 0 saturated heterocycles. The van der Waals surface area contributed by atoms with Crippen LogP contribution in [0.2, 0.25) is 0 Å². The summed E-state index contributed by atoms with van der Waals surface area (Å²) in [6, 6.07) is -0.872. The van der Waals surface area contributed by atoms with Gasteiger partial charge in [-0.15, -0.1) is 0 Å². The predicted octanol–water partition coefficient (Wildman–Crippen LogP) is 9.50. The first-order chi connectivity index (χ1) is 21.9. The van der Waals surface area contributed by atoms with E-state index in [0.29, 0.717) is 38.6 Å². The molecular formula is C38H68N2O5. The van der Waals surface area contributed by atoms with Crippen molar-refractivity contribution < 1.29 is 24.2 Å². The van der Waals surface area contributed by atoms with Crippen LogP contribution in [0.5, 0.6) is 0 Å². The first-order valence-electron chi connectivity index (χ1n) is 18.3. The van der Waals surface area contributed by atoms with Crippen LogP contribution in [-0.4, -0.2) is 41.6 Å². The van der Waals surface area contributed by atoms with Crippen LogP contribution >= 0.6 is 0 Å². The fourth-order valence-corrected chi connectivity index (χ4v) is 5.17. The van der Waals surface area contributed by atoms with Gasteiger partial charge in [0, 0.05) is 12.8 Å². The number of hydrogen-bond acceptors (Lipinski definition) is 5. The lowest BCUT2D eigenvalue weighted by molar-refractivity contribution is -0.145. The molecule has 1 amide bonds. The fraction of sp³-hybridized carbons (Fsp3) is 0.763. The van der Waals surface area contributed by atoms with Gasteiger partial charge in [0.1, 0.15) is 12.1 Å². The Labute approximate surface area is 275 Å². The second kappa shape index (κ2) is 33.0. The van der Waals surface area contributed by atoms with Crippen LogP contribution < -0.4 is 11.1 Å². The van der Waals surface area contributed by atoms with Crippen molar-refractivity contribution in [3.05, 3.63) is 36.5 Å². The van der Waals surface area contributed by atoms with Crippen molar-refractivity contribution in [2.75, 3.05) is 6.54 Å². The molecule has 0 aromatic heterocycles. The maximum absolute atomic E-state index is 12.5. The lowest BCUT2D eigenvalue weighted by atomic mass is 10.0. The number of carboxylic acids is 1. The van der Waals surface area contributed by atoms with Gasteiger partial charge >= 0.3 is 11.9 Å². The van der Waals surface area contributed by atoms with Gasteiger partial charge < -0.3 is 20.9 Å². The molecule has 0 fully saturated rings. The standard InChI is InChI=1S/C38H68N2O5/c1-3-5-7-9-10-11-12-13-14-15-16-17-22-26-32-37(42)45-34(28-23-19-8-6-4-2)29-24-20-18-21-25-31-36(41)40-35(38(43)44)30-27-33-39/h6,8,23-24,28-29,34-35H,3-5,7,9-22,25-27,30-33,39H2,1-2H3,(H,40,41)(H,43,44)/b8-6-,28-23-,29-24-. The van der Waals surface area contributed by atoms with Gasteiger partial charge in [0.15, 0.2) is 0 Å². The summed E-state index contributed by atoms with van der Waals surface area (Å²) in [5, 5.41) is 11.8. The van der Waals surface area contributed by atoms with E-state index in [1.54, 1.807) is 0 Å². The van der Waals surface area contributed by atoms with Gasteiger partial charge in [0.2, 0.25) is 5.91 Å². The van der Waals surface area contributed by atoms with Crippen molar-refractivity contribution in [3.63, 3.8) is 0 Å². The van der Waals surface area contributed by atoms with E-state index < -0.39 is 12.0 Å². The molecule has 2 atom stereocenters. The van der Waals surface area contributed by atoms with Gasteiger partial charge in [0.25, 0.3) is 0 Å². The van der Waals surface area contributed by atoms with E-state index in [2.05, 4.69) is 31.3 Å². The normalized spacial score (nSPS) is 13.1. The fourth-order valence-electron chi connectivity index (χ4n) is 5.17. The number of nitrogens with one attached hydrogen (secondary N) is 1. The van der Waals surface area contributed by atoms with Crippen molar-refractivity contribution >= 4 is 17.8 Å².